The zero-order chi connectivity index (χ0) is 19.6. The highest BCUT2D eigenvalue weighted by Crippen LogP contribution is 2.29. The minimum absolute atomic E-state index is 0.223. The predicted octanol–water partition coefficient (Wildman–Crippen LogP) is 5.59. The quantitative estimate of drug-likeness (QED) is 0.470. The molecule has 1 aromatic heterocycles. The van der Waals surface area contributed by atoms with Crippen LogP contribution in [-0.2, 0) is 10.0 Å². The smallest absolute Gasteiger partial charge is 0.255 e. The lowest BCUT2D eigenvalue weighted by molar-refractivity contribution is 0.601. The minimum atomic E-state index is -3.65. The summed E-state index contributed by atoms with van der Waals surface area (Å²) in [5, 5.41) is 2.21. The number of nitrogens with zero attached hydrogens (tertiary/aromatic N) is 1. The van der Waals surface area contributed by atoms with Crippen LogP contribution in [-0.4, -0.2) is 13.4 Å². The van der Waals surface area contributed by atoms with Crippen molar-refractivity contribution in [3.05, 3.63) is 89.8 Å². The number of rotatable bonds is 5. The topological polar surface area (TPSA) is 59.1 Å². The first-order valence-corrected chi connectivity index (χ1v) is 11.1. The SMILES string of the molecule is Cc1ccc(S(=O)(=O)Nc2nc(-c3cccc(-c4ccccc4)c3)cs2)cc1. The molecule has 0 saturated heterocycles. The van der Waals surface area contributed by atoms with Gasteiger partial charge in [-0.1, -0.05) is 66.2 Å². The van der Waals surface area contributed by atoms with Crippen LogP contribution in [0.1, 0.15) is 5.56 Å². The molecule has 28 heavy (non-hydrogen) atoms. The maximum Gasteiger partial charge on any atom is 0.263 e. The van der Waals surface area contributed by atoms with Gasteiger partial charge in [-0.25, -0.2) is 13.4 Å². The summed E-state index contributed by atoms with van der Waals surface area (Å²) < 4.78 is 27.7. The molecule has 0 saturated carbocycles. The molecule has 0 atom stereocenters. The monoisotopic (exact) mass is 406 g/mol. The van der Waals surface area contributed by atoms with Gasteiger partial charge in [-0.05, 0) is 36.2 Å². The lowest BCUT2D eigenvalue weighted by Gasteiger charge is -2.05. The molecule has 140 valence electrons. The first kappa shape index (κ1) is 18.4. The van der Waals surface area contributed by atoms with Crippen molar-refractivity contribution in [1.82, 2.24) is 4.98 Å². The van der Waals surface area contributed by atoms with Gasteiger partial charge in [0.1, 0.15) is 0 Å². The molecule has 0 aliphatic heterocycles. The van der Waals surface area contributed by atoms with Crippen LogP contribution in [0.5, 0.6) is 0 Å². The summed E-state index contributed by atoms with van der Waals surface area (Å²) in [6, 6.07) is 24.9. The molecule has 4 nitrogen and oxygen atoms in total. The van der Waals surface area contributed by atoms with Crippen molar-refractivity contribution in [2.45, 2.75) is 11.8 Å². The van der Waals surface area contributed by atoms with Crippen molar-refractivity contribution >= 4 is 26.5 Å². The largest absolute Gasteiger partial charge is 0.263 e. The second-order valence-corrected chi connectivity index (χ2v) is 8.94. The van der Waals surface area contributed by atoms with E-state index in [1.54, 1.807) is 24.3 Å². The summed E-state index contributed by atoms with van der Waals surface area (Å²) in [6.45, 7) is 1.92. The second kappa shape index (κ2) is 7.58. The Morgan fingerprint density at radius 1 is 0.821 bits per heavy atom. The van der Waals surface area contributed by atoms with Crippen molar-refractivity contribution in [3.8, 4) is 22.4 Å². The lowest BCUT2D eigenvalue weighted by Crippen LogP contribution is -2.12. The Morgan fingerprint density at radius 3 is 2.25 bits per heavy atom. The van der Waals surface area contributed by atoms with Gasteiger partial charge in [0.15, 0.2) is 5.13 Å². The molecular formula is C22H18N2O2S2. The van der Waals surface area contributed by atoms with E-state index >= 15 is 0 Å². The highest BCUT2D eigenvalue weighted by atomic mass is 32.2. The van der Waals surface area contributed by atoms with E-state index in [9.17, 15) is 8.42 Å². The van der Waals surface area contributed by atoms with Crippen LogP contribution in [0, 0.1) is 6.92 Å². The Hall–Kier alpha value is -2.96. The van der Waals surface area contributed by atoms with Crippen molar-refractivity contribution < 1.29 is 8.42 Å². The Labute approximate surface area is 168 Å². The average molecular weight is 407 g/mol. The lowest BCUT2D eigenvalue weighted by atomic mass is 10.0. The van der Waals surface area contributed by atoms with Gasteiger partial charge in [-0.3, -0.25) is 4.72 Å². The van der Waals surface area contributed by atoms with Gasteiger partial charge >= 0.3 is 0 Å². The number of aromatic nitrogens is 1. The molecule has 0 fully saturated rings. The van der Waals surface area contributed by atoms with Crippen LogP contribution in [0.15, 0.2) is 89.1 Å². The molecule has 1 N–H and O–H groups in total. The molecule has 0 unspecified atom stereocenters. The molecule has 0 spiro atoms. The molecule has 0 amide bonds. The van der Waals surface area contributed by atoms with Gasteiger partial charge in [-0.15, -0.1) is 11.3 Å². The summed E-state index contributed by atoms with van der Waals surface area (Å²) in [7, 11) is -3.65. The molecule has 3 aromatic carbocycles. The molecule has 0 radical (unpaired) electrons. The van der Waals surface area contributed by atoms with E-state index in [4.69, 9.17) is 0 Å². The Morgan fingerprint density at radius 2 is 1.50 bits per heavy atom. The number of thiazole rings is 1. The maximum atomic E-state index is 12.6. The van der Waals surface area contributed by atoms with Crippen LogP contribution in [0.4, 0.5) is 5.13 Å². The number of aryl methyl sites for hydroxylation is 1. The zero-order valence-corrected chi connectivity index (χ0v) is 16.8. The number of hydrogen-bond donors (Lipinski definition) is 1. The fourth-order valence-electron chi connectivity index (χ4n) is 2.83. The van der Waals surface area contributed by atoms with Crippen LogP contribution >= 0.6 is 11.3 Å². The predicted molar refractivity (Wildman–Crippen MR) is 115 cm³/mol. The van der Waals surface area contributed by atoms with Crippen LogP contribution < -0.4 is 4.72 Å². The van der Waals surface area contributed by atoms with Gasteiger partial charge < -0.3 is 0 Å². The number of nitrogens with one attached hydrogen (secondary N) is 1. The van der Waals surface area contributed by atoms with E-state index < -0.39 is 10.0 Å². The second-order valence-electron chi connectivity index (χ2n) is 6.40. The Bertz CT molecular complexity index is 1200. The highest BCUT2D eigenvalue weighted by molar-refractivity contribution is 7.93. The maximum absolute atomic E-state index is 12.6. The third-order valence-corrected chi connectivity index (χ3v) is 6.56. The van der Waals surface area contributed by atoms with Crippen molar-refractivity contribution in [2.24, 2.45) is 0 Å². The van der Waals surface area contributed by atoms with Crippen LogP contribution in [0.3, 0.4) is 0 Å². The number of benzene rings is 3. The van der Waals surface area contributed by atoms with Crippen molar-refractivity contribution in [1.29, 1.82) is 0 Å². The molecule has 6 heteroatoms. The summed E-state index contributed by atoms with van der Waals surface area (Å²) in [4.78, 5) is 4.69. The standard InChI is InChI=1S/C22H18N2O2S2/c1-16-10-12-20(13-11-16)28(25,26)24-22-23-21(15-27-22)19-9-5-8-18(14-19)17-6-3-2-4-7-17/h2-15H,1H3,(H,23,24). The van der Waals surface area contributed by atoms with E-state index in [0.29, 0.717) is 5.13 Å². The van der Waals surface area contributed by atoms with Crippen LogP contribution in [0.2, 0.25) is 0 Å². The summed E-state index contributed by atoms with van der Waals surface area (Å²) >= 11 is 1.27. The van der Waals surface area contributed by atoms with Crippen molar-refractivity contribution in [3.63, 3.8) is 0 Å². The summed E-state index contributed by atoms with van der Waals surface area (Å²) in [5.74, 6) is 0. The normalized spacial score (nSPS) is 11.3. The fraction of sp³-hybridized carbons (Fsp3) is 0.0455. The fourth-order valence-corrected chi connectivity index (χ4v) is 4.81. The third-order valence-electron chi connectivity index (χ3n) is 4.32. The highest BCUT2D eigenvalue weighted by Gasteiger charge is 2.16. The summed E-state index contributed by atoms with van der Waals surface area (Å²) in [6.07, 6.45) is 0. The molecule has 4 rings (SSSR count). The Kier molecular flexibility index (Phi) is 4.98. The van der Waals surface area contributed by atoms with Crippen LogP contribution in [0.25, 0.3) is 22.4 Å². The molecule has 0 aliphatic carbocycles. The van der Waals surface area contributed by atoms with Gasteiger partial charge in [0.05, 0.1) is 10.6 Å². The molecule has 0 aliphatic rings. The van der Waals surface area contributed by atoms with Gasteiger partial charge in [0.25, 0.3) is 10.0 Å². The minimum Gasteiger partial charge on any atom is -0.255 e. The summed E-state index contributed by atoms with van der Waals surface area (Å²) in [5.41, 5.74) is 4.91. The van der Waals surface area contributed by atoms with E-state index in [-0.39, 0.29) is 4.90 Å². The average Bonchev–Trinajstić information content (AvgIpc) is 3.17. The van der Waals surface area contributed by atoms with E-state index in [2.05, 4.69) is 27.9 Å². The van der Waals surface area contributed by atoms with Gasteiger partial charge in [0, 0.05) is 10.9 Å². The molecular weight excluding hydrogens is 388 g/mol. The van der Waals surface area contributed by atoms with E-state index in [0.717, 1.165) is 27.9 Å². The number of hydrogen-bond acceptors (Lipinski definition) is 4. The molecule has 0 bridgehead atoms. The molecule has 4 aromatic rings. The first-order valence-electron chi connectivity index (χ1n) is 8.72. The van der Waals surface area contributed by atoms with Gasteiger partial charge in [-0.2, -0.15) is 0 Å². The van der Waals surface area contributed by atoms with Crippen molar-refractivity contribution in [2.75, 3.05) is 4.72 Å². The number of sulfonamides is 1. The third kappa shape index (κ3) is 3.98. The van der Waals surface area contributed by atoms with E-state index in [1.807, 2.05) is 48.7 Å². The van der Waals surface area contributed by atoms with Gasteiger partial charge in [0.2, 0.25) is 0 Å². The first-order chi connectivity index (χ1) is 13.5. The Balaban J connectivity index is 1.59. The zero-order valence-electron chi connectivity index (χ0n) is 15.2. The molecule has 1 heterocycles. The number of anilines is 1. The van der Waals surface area contributed by atoms with E-state index in [1.165, 1.54) is 11.3 Å².